The van der Waals surface area contributed by atoms with Crippen molar-refractivity contribution < 1.29 is 18.7 Å². The lowest BCUT2D eigenvalue weighted by molar-refractivity contribution is -0.144. The maximum absolute atomic E-state index is 12.2. The molecule has 0 radical (unpaired) electrons. The highest BCUT2D eigenvalue weighted by Crippen LogP contribution is 2.27. The third-order valence-electron chi connectivity index (χ3n) is 4.88. The van der Waals surface area contributed by atoms with Gasteiger partial charge < -0.3 is 13.9 Å². The summed E-state index contributed by atoms with van der Waals surface area (Å²) < 4.78 is 15.9. The van der Waals surface area contributed by atoms with Crippen molar-refractivity contribution in [3.05, 3.63) is 88.3 Å². The van der Waals surface area contributed by atoms with Gasteiger partial charge in [-0.05, 0) is 41.0 Å². The molecule has 4 aromatic rings. The Bertz CT molecular complexity index is 1220. The molecular formula is C24H20O5. The summed E-state index contributed by atoms with van der Waals surface area (Å²) in [5, 5.41) is 2.78. The van der Waals surface area contributed by atoms with Crippen LogP contribution in [-0.4, -0.2) is 13.1 Å². The number of esters is 1. The fourth-order valence-electron chi connectivity index (χ4n) is 3.40. The molecule has 0 unspecified atom stereocenters. The molecule has 0 saturated heterocycles. The van der Waals surface area contributed by atoms with Crippen molar-refractivity contribution in [3.63, 3.8) is 0 Å². The van der Waals surface area contributed by atoms with Crippen LogP contribution in [0.4, 0.5) is 0 Å². The van der Waals surface area contributed by atoms with Gasteiger partial charge in [-0.2, -0.15) is 0 Å². The molecule has 0 aliphatic carbocycles. The zero-order valence-corrected chi connectivity index (χ0v) is 16.0. The van der Waals surface area contributed by atoms with E-state index in [-0.39, 0.29) is 19.0 Å². The number of carbonyl (C=O) groups excluding carboxylic acids is 1. The Hall–Kier alpha value is -3.60. The largest absolute Gasteiger partial charge is 0.497 e. The fraction of sp³-hybridized carbons (Fsp3) is 0.167. The van der Waals surface area contributed by atoms with E-state index < -0.39 is 5.63 Å². The average molecular weight is 388 g/mol. The third-order valence-corrected chi connectivity index (χ3v) is 4.88. The number of rotatable bonds is 6. The Morgan fingerprint density at radius 2 is 1.79 bits per heavy atom. The van der Waals surface area contributed by atoms with E-state index >= 15 is 0 Å². The van der Waals surface area contributed by atoms with Crippen molar-refractivity contribution in [2.75, 3.05) is 7.11 Å². The van der Waals surface area contributed by atoms with Gasteiger partial charge in [0.15, 0.2) is 0 Å². The second kappa shape index (κ2) is 8.19. The van der Waals surface area contributed by atoms with Gasteiger partial charge in [0.05, 0.1) is 7.11 Å². The van der Waals surface area contributed by atoms with Gasteiger partial charge in [-0.15, -0.1) is 0 Å². The minimum atomic E-state index is -0.461. The topological polar surface area (TPSA) is 65.7 Å². The molecule has 0 atom stereocenters. The van der Waals surface area contributed by atoms with Crippen LogP contribution >= 0.6 is 0 Å². The van der Waals surface area contributed by atoms with Crippen LogP contribution in [0, 0.1) is 0 Å². The molecule has 1 aromatic heterocycles. The van der Waals surface area contributed by atoms with Crippen LogP contribution in [0.15, 0.2) is 75.9 Å². The van der Waals surface area contributed by atoms with Crippen LogP contribution < -0.4 is 10.4 Å². The van der Waals surface area contributed by atoms with Gasteiger partial charge in [0.25, 0.3) is 0 Å². The molecule has 3 aromatic carbocycles. The van der Waals surface area contributed by atoms with Gasteiger partial charge in [-0.25, -0.2) is 4.79 Å². The predicted octanol–water partition coefficient (Wildman–Crippen LogP) is 4.63. The highest BCUT2D eigenvalue weighted by Gasteiger charge is 2.12. The Morgan fingerprint density at radius 1 is 1.00 bits per heavy atom. The molecule has 5 nitrogen and oxygen atoms in total. The maximum atomic E-state index is 12.2. The Labute approximate surface area is 167 Å². The number of fused-ring (bicyclic) bond motifs is 3. The number of methoxy groups -OCH3 is 1. The summed E-state index contributed by atoms with van der Waals surface area (Å²) in [6.45, 7) is 0.0254. The molecule has 5 heteroatoms. The summed E-state index contributed by atoms with van der Waals surface area (Å²) in [4.78, 5) is 24.2. The van der Waals surface area contributed by atoms with Gasteiger partial charge in [-0.1, -0.05) is 42.5 Å². The van der Waals surface area contributed by atoms with E-state index in [4.69, 9.17) is 13.9 Å². The quantitative estimate of drug-likeness (QED) is 0.274. The molecule has 146 valence electrons. The molecule has 4 rings (SSSR count). The minimum absolute atomic E-state index is 0.0254. The monoisotopic (exact) mass is 388 g/mol. The number of ether oxygens (including phenoxy) is 2. The van der Waals surface area contributed by atoms with Crippen LogP contribution in [0.25, 0.3) is 21.7 Å². The smallest absolute Gasteiger partial charge is 0.336 e. The molecule has 0 N–H and O–H groups in total. The molecule has 0 amide bonds. The average Bonchev–Trinajstić information content (AvgIpc) is 2.76. The van der Waals surface area contributed by atoms with E-state index in [0.717, 1.165) is 27.5 Å². The normalized spacial score (nSPS) is 10.9. The van der Waals surface area contributed by atoms with Crippen molar-refractivity contribution in [2.45, 2.75) is 19.4 Å². The first-order valence-electron chi connectivity index (χ1n) is 9.37. The van der Waals surface area contributed by atoms with Gasteiger partial charge in [-0.3, -0.25) is 4.79 Å². The molecule has 0 saturated carbocycles. The molecule has 0 fully saturated rings. The van der Waals surface area contributed by atoms with Gasteiger partial charge in [0.1, 0.15) is 17.9 Å². The zero-order chi connectivity index (χ0) is 20.2. The summed E-state index contributed by atoms with van der Waals surface area (Å²) in [5.74, 6) is 0.459. The van der Waals surface area contributed by atoms with Crippen molar-refractivity contribution >= 4 is 27.7 Å². The molecule has 1 heterocycles. The second-order valence-electron chi connectivity index (χ2n) is 6.76. The van der Waals surface area contributed by atoms with Crippen LogP contribution in [-0.2, 0) is 22.6 Å². The summed E-state index contributed by atoms with van der Waals surface area (Å²) in [5.41, 5.74) is 1.70. The summed E-state index contributed by atoms with van der Waals surface area (Å²) in [7, 11) is 1.61. The minimum Gasteiger partial charge on any atom is -0.497 e. The highest BCUT2D eigenvalue weighted by molar-refractivity contribution is 6.07. The lowest BCUT2D eigenvalue weighted by atomic mass is 10.0. The summed E-state index contributed by atoms with van der Waals surface area (Å²) in [6, 6.07) is 20.5. The van der Waals surface area contributed by atoms with E-state index in [0.29, 0.717) is 17.6 Å². The first kappa shape index (κ1) is 18.7. The number of aryl methyl sites for hydroxylation is 1. The second-order valence-corrected chi connectivity index (χ2v) is 6.76. The van der Waals surface area contributed by atoms with Gasteiger partial charge in [0.2, 0.25) is 0 Å². The fourth-order valence-corrected chi connectivity index (χ4v) is 3.40. The van der Waals surface area contributed by atoms with Crippen LogP contribution in [0.2, 0.25) is 0 Å². The van der Waals surface area contributed by atoms with E-state index in [1.807, 2.05) is 54.6 Å². The van der Waals surface area contributed by atoms with Crippen molar-refractivity contribution in [3.8, 4) is 5.75 Å². The number of hydrogen-bond acceptors (Lipinski definition) is 5. The molecule has 0 spiro atoms. The first-order valence-corrected chi connectivity index (χ1v) is 9.37. The van der Waals surface area contributed by atoms with Crippen LogP contribution in [0.3, 0.4) is 0 Å². The molecule has 0 aliphatic heterocycles. The molecule has 29 heavy (non-hydrogen) atoms. The van der Waals surface area contributed by atoms with Crippen LogP contribution in [0.5, 0.6) is 5.75 Å². The number of hydrogen-bond donors (Lipinski definition) is 0. The van der Waals surface area contributed by atoms with Crippen molar-refractivity contribution in [1.29, 1.82) is 0 Å². The zero-order valence-electron chi connectivity index (χ0n) is 16.0. The maximum Gasteiger partial charge on any atom is 0.336 e. The standard InChI is InChI=1S/C24H20O5/c1-27-19-10-6-16(7-11-19)8-13-22(25)28-15-18-14-23(26)29-21-12-9-17-4-2-3-5-20(17)24(18)21/h2-7,9-12,14H,8,13,15H2,1H3. The Kier molecular flexibility index (Phi) is 5.29. The Balaban J connectivity index is 1.50. The highest BCUT2D eigenvalue weighted by atomic mass is 16.5. The van der Waals surface area contributed by atoms with E-state index in [1.54, 1.807) is 13.2 Å². The van der Waals surface area contributed by atoms with E-state index in [1.165, 1.54) is 6.07 Å². The predicted molar refractivity (Wildman–Crippen MR) is 111 cm³/mol. The number of carbonyl (C=O) groups is 1. The van der Waals surface area contributed by atoms with Crippen molar-refractivity contribution in [1.82, 2.24) is 0 Å². The Morgan fingerprint density at radius 3 is 2.59 bits per heavy atom. The third kappa shape index (κ3) is 4.14. The SMILES string of the molecule is COc1ccc(CCC(=O)OCc2cc(=O)oc3ccc4ccccc4c23)cc1. The van der Waals surface area contributed by atoms with Crippen molar-refractivity contribution in [2.24, 2.45) is 0 Å². The molecular weight excluding hydrogens is 368 g/mol. The molecule has 0 aliphatic rings. The van der Waals surface area contributed by atoms with Crippen LogP contribution in [0.1, 0.15) is 17.5 Å². The summed E-state index contributed by atoms with van der Waals surface area (Å²) >= 11 is 0. The van der Waals surface area contributed by atoms with E-state index in [9.17, 15) is 9.59 Å². The lowest BCUT2D eigenvalue weighted by Crippen LogP contribution is -2.08. The van der Waals surface area contributed by atoms with Gasteiger partial charge >= 0.3 is 11.6 Å². The number of benzene rings is 3. The first-order chi connectivity index (χ1) is 14.1. The summed E-state index contributed by atoms with van der Waals surface area (Å²) in [6.07, 6.45) is 0.829. The lowest BCUT2D eigenvalue weighted by Gasteiger charge is -2.10. The molecule has 0 bridgehead atoms. The van der Waals surface area contributed by atoms with E-state index in [2.05, 4.69) is 0 Å². The van der Waals surface area contributed by atoms with Gasteiger partial charge in [0, 0.05) is 23.4 Å².